The van der Waals surface area contributed by atoms with Gasteiger partial charge in [-0.15, -0.1) is 0 Å². The van der Waals surface area contributed by atoms with E-state index in [1.165, 1.54) is 5.56 Å². The average Bonchev–Trinajstić information content (AvgIpc) is 3.27. The van der Waals surface area contributed by atoms with E-state index in [2.05, 4.69) is 24.3 Å². The van der Waals surface area contributed by atoms with Gasteiger partial charge in [0, 0.05) is 6.54 Å². The number of hydrogen-bond donors (Lipinski definition) is 2. The lowest BCUT2D eigenvalue weighted by atomic mass is 10.00. The van der Waals surface area contributed by atoms with Crippen molar-refractivity contribution in [3.8, 4) is 0 Å². The SMILES string of the molecule is Cc1nn(Cc2ccc(C(=O)NCC(O)c3ccc(C(C)C)cc3)o2)c(C)c1Cl. The van der Waals surface area contributed by atoms with Crippen LogP contribution in [0.3, 0.4) is 0 Å². The molecule has 2 N–H and O–H groups in total. The predicted octanol–water partition coefficient (Wildman–Crippen LogP) is 4.38. The standard InChI is InChI=1S/C22H26ClN3O3/c1-13(2)16-5-7-17(8-6-16)19(27)11-24-22(28)20-10-9-18(29-20)12-26-15(4)21(23)14(3)25-26/h5-10,13,19,27H,11-12H2,1-4H3,(H,24,28). The number of halogens is 1. The molecule has 2 aromatic heterocycles. The number of aryl methyl sites for hydroxylation is 1. The number of carbonyl (C=O) groups excluding carboxylic acids is 1. The Balaban J connectivity index is 1.57. The van der Waals surface area contributed by atoms with E-state index in [9.17, 15) is 9.90 Å². The Bertz CT molecular complexity index is 989. The number of aliphatic hydroxyl groups excluding tert-OH is 1. The first-order chi connectivity index (χ1) is 13.8. The molecule has 29 heavy (non-hydrogen) atoms. The fourth-order valence-corrected chi connectivity index (χ4v) is 3.19. The summed E-state index contributed by atoms with van der Waals surface area (Å²) in [6.45, 7) is 8.45. The molecule has 2 heterocycles. The van der Waals surface area contributed by atoms with Crippen LogP contribution in [0.25, 0.3) is 0 Å². The number of hydrogen-bond acceptors (Lipinski definition) is 4. The Morgan fingerprint density at radius 3 is 2.41 bits per heavy atom. The number of aromatic nitrogens is 2. The number of nitrogens with one attached hydrogen (secondary N) is 1. The minimum Gasteiger partial charge on any atom is -0.454 e. The molecule has 1 unspecified atom stereocenters. The zero-order valence-electron chi connectivity index (χ0n) is 17.1. The lowest BCUT2D eigenvalue weighted by molar-refractivity contribution is 0.0887. The van der Waals surface area contributed by atoms with Crippen LogP contribution in [0.15, 0.2) is 40.8 Å². The molecule has 7 heteroatoms. The molecular formula is C22H26ClN3O3. The first-order valence-corrected chi connectivity index (χ1v) is 9.98. The molecule has 0 radical (unpaired) electrons. The topological polar surface area (TPSA) is 80.3 Å². The van der Waals surface area contributed by atoms with E-state index in [1.807, 2.05) is 38.1 Å². The van der Waals surface area contributed by atoms with Crippen molar-refractivity contribution in [1.29, 1.82) is 0 Å². The van der Waals surface area contributed by atoms with Crippen LogP contribution >= 0.6 is 11.6 Å². The van der Waals surface area contributed by atoms with Crippen LogP contribution < -0.4 is 5.32 Å². The Morgan fingerprint density at radius 1 is 1.17 bits per heavy atom. The highest BCUT2D eigenvalue weighted by atomic mass is 35.5. The highest BCUT2D eigenvalue weighted by molar-refractivity contribution is 6.31. The summed E-state index contributed by atoms with van der Waals surface area (Å²) in [6, 6.07) is 11.1. The summed E-state index contributed by atoms with van der Waals surface area (Å²) in [5.74, 6) is 0.845. The molecule has 0 bridgehead atoms. The van der Waals surface area contributed by atoms with Crippen molar-refractivity contribution in [3.05, 3.63) is 75.5 Å². The average molecular weight is 416 g/mol. The second kappa shape index (κ2) is 8.84. The van der Waals surface area contributed by atoms with Crippen LogP contribution in [0.1, 0.15) is 64.7 Å². The molecule has 1 amide bonds. The molecule has 0 saturated carbocycles. The van der Waals surface area contributed by atoms with E-state index >= 15 is 0 Å². The van der Waals surface area contributed by atoms with Crippen molar-refractivity contribution < 1.29 is 14.3 Å². The Labute approximate surface area is 175 Å². The van der Waals surface area contributed by atoms with Crippen LogP contribution in [0, 0.1) is 13.8 Å². The summed E-state index contributed by atoms with van der Waals surface area (Å²) in [6.07, 6.45) is -0.786. The molecule has 0 saturated heterocycles. The van der Waals surface area contributed by atoms with Crippen LogP contribution in [-0.4, -0.2) is 27.3 Å². The van der Waals surface area contributed by atoms with Crippen LogP contribution in [0.4, 0.5) is 0 Å². The predicted molar refractivity (Wildman–Crippen MR) is 112 cm³/mol. The molecule has 6 nitrogen and oxygen atoms in total. The van der Waals surface area contributed by atoms with Gasteiger partial charge in [-0.3, -0.25) is 9.48 Å². The largest absolute Gasteiger partial charge is 0.454 e. The number of amides is 1. The third-order valence-electron chi connectivity index (χ3n) is 4.93. The summed E-state index contributed by atoms with van der Waals surface area (Å²) in [7, 11) is 0. The third kappa shape index (κ3) is 4.89. The van der Waals surface area contributed by atoms with Gasteiger partial charge in [0.1, 0.15) is 5.76 Å². The van der Waals surface area contributed by atoms with E-state index in [-0.39, 0.29) is 18.2 Å². The fraction of sp³-hybridized carbons (Fsp3) is 0.364. The maximum absolute atomic E-state index is 12.4. The van der Waals surface area contributed by atoms with Crippen molar-refractivity contribution in [2.24, 2.45) is 0 Å². The molecule has 1 atom stereocenters. The number of benzene rings is 1. The monoisotopic (exact) mass is 415 g/mol. The van der Waals surface area contributed by atoms with E-state index in [4.69, 9.17) is 16.0 Å². The summed E-state index contributed by atoms with van der Waals surface area (Å²) in [4.78, 5) is 12.4. The fourth-order valence-electron chi connectivity index (χ4n) is 3.06. The van der Waals surface area contributed by atoms with Crippen LogP contribution in [0.5, 0.6) is 0 Å². The Kier molecular flexibility index (Phi) is 6.45. The van der Waals surface area contributed by atoms with E-state index in [1.54, 1.807) is 16.8 Å². The normalized spacial score (nSPS) is 12.4. The highest BCUT2D eigenvalue weighted by Crippen LogP contribution is 2.21. The lowest BCUT2D eigenvalue weighted by Crippen LogP contribution is -2.28. The Morgan fingerprint density at radius 2 is 1.83 bits per heavy atom. The van der Waals surface area contributed by atoms with Crippen molar-refractivity contribution in [2.45, 2.75) is 46.3 Å². The zero-order valence-corrected chi connectivity index (χ0v) is 17.8. The second-order valence-electron chi connectivity index (χ2n) is 7.46. The summed E-state index contributed by atoms with van der Waals surface area (Å²) in [5.41, 5.74) is 3.57. The van der Waals surface area contributed by atoms with Gasteiger partial charge in [-0.25, -0.2) is 0 Å². The van der Waals surface area contributed by atoms with Crippen molar-refractivity contribution in [3.63, 3.8) is 0 Å². The van der Waals surface area contributed by atoms with Gasteiger partial charge in [0.2, 0.25) is 0 Å². The molecule has 3 aromatic rings. The van der Waals surface area contributed by atoms with Gasteiger partial charge in [0.05, 0.1) is 29.1 Å². The van der Waals surface area contributed by atoms with Gasteiger partial charge >= 0.3 is 0 Å². The molecular weight excluding hydrogens is 390 g/mol. The molecule has 154 valence electrons. The highest BCUT2D eigenvalue weighted by Gasteiger charge is 2.16. The molecule has 3 rings (SSSR count). The Hall–Kier alpha value is -2.57. The van der Waals surface area contributed by atoms with Crippen LogP contribution in [0.2, 0.25) is 5.02 Å². The van der Waals surface area contributed by atoms with E-state index < -0.39 is 6.10 Å². The zero-order chi connectivity index (χ0) is 21.1. The molecule has 1 aromatic carbocycles. The first-order valence-electron chi connectivity index (χ1n) is 9.60. The van der Waals surface area contributed by atoms with Crippen molar-refractivity contribution >= 4 is 17.5 Å². The van der Waals surface area contributed by atoms with E-state index in [0.29, 0.717) is 23.2 Å². The third-order valence-corrected chi connectivity index (χ3v) is 5.48. The van der Waals surface area contributed by atoms with Crippen molar-refractivity contribution in [2.75, 3.05) is 6.54 Å². The number of rotatable bonds is 7. The minimum absolute atomic E-state index is 0.100. The molecule has 0 spiro atoms. The quantitative estimate of drug-likeness (QED) is 0.600. The molecule has 0 aliphatic rings. The summed E-state index contributed by atoms with van der Waals surface area (Å²) in [5, 5.41) is 18.0. The minimum atomic E-state index is -0.786. The number of carbonyl (C=O) groups is 1. The van der Waals surface area contributed by atoms with E-state index in [0.717, 1.165) is 17.0 Å². The summed E-state index contributed by atoms with van der Waals surface area (Å²) >= 11 is 6.16. The van der Waals surface area contributed by atoms with Gasteiger partial charge < -0.3 is 14.8 Å². The number of aliphatic hydroxyl groups is 1. The lowest BCUT2D eigenvalue weighted by Gasteiger charge is -2.13. The molecule has 0 aliphatic heterocycles. The maximum Gasteiger partial charge on any atom is 0.287 e. The van der Waals surface area contributed by atoms with Crippen molar-refractivity contribution in [1.82, 2.24) is 15.1 Å². The smallest absolute Gasteiger partial charge is 0.287 e. The van der Waals surface area contributed by atoms with Gasteiger partial charge in [-0.1, -0.05) is 49.7 Å². The molecule has 0 aliphatic carbocycles. The van der Waals surface area contributed by atoms with Gasteiger partial charge in [-0.2, -0.15) is 5.10 Å². The first kappa shape index (κ1) is 21.1. The summed E-state index contributed by atoms with van der Waals surface area (Å²) < 4.78 is 7.37. The number of furan rings is 1. The molecule has 0 fully saturated rings. The van der Waals surface area contributed by atoms with Crippen LogP contribution in [-0.2, 0) is 6.54 Å². The number of nitrogens with zero attached hydrogens (tertiary/aromatic N) is 2. The maximum atomic E-state index is 12.4. The van der Waals surface area contributed by atoms with Gasteiger partial charge in [-0.05, 0) is 43.0 Å². The second-order valence-corrected chi connectivity index (χ2v) is 7.83. The van der Waals surface area contributed by atoms with Gasteiger partial charge in [0.15, 0.2) is 5.76 Å². The van der Waals surface area contributed by atoms with Gasteiger partial charge in [0.25, 0.3) is 5.91 Å².